The number of hydrogen-bond acceptors (Lipinski definition) is 2. The highest BCUT2D eigenvalue weighted by molar-refractivity contribution is 5.93. The van der Waals surface area contributed by atoms with Gasteiger partial charge < -0.3 is 15.0 Å². The Kier molecular flexibility index (Phi) is 5.34. The van der Waals surface area contributed by atoms with E-state index in [-0.39, 0.29) is 11.7 Å². The molecular weight excluding hydrogens is 319 g/mol. The lowest BCUT2D eigenvalue weighted by atomic mass is 10.2. The molecule has 0 spiro atoms. The number of quaternary nitrogens is 1. The highest BCUT2D eigenvalue weighted by Crippen LogP contribution is 2.25. The summed E-state index contributed by atoms with van der Waals surface area (Å²) in [7, 11) is 1.59. The lowest BCUT2D eigenvalue weighted by Gasteiger charge is -2.19. The summed E-state index contributed by atoms with van der Waals surface area (Å²) >= 11 is 0. The lowest BCUT2D eigenvalue weighted by Crippen LogP contribution is -3.13. The van der Waals surface area contributed by atoms with Crippen LogP contribution < -0.4 is 15.0 Å². The van der Waals surface area contributed by atoms with Crippen LogP contribution in [0.5, 0.6) is 5.75 Å². The van der Waals surface area contributed by atoms with Crippen molar-refractivity contribution in [3.63, 3.8) is 0 Å². The van der Waals surface area contributed by atoms with E-state index in [1.807, 2.05) is 25.1 Å². The average Bonchev–Trinajstić information content (AvgIpc) is 3.41. The molecular formula is C20H24FN2O2+. The summed E-state index contributed by atoms with van der Waals surface area (Å²) in [4.78, 5) is 13.7. The molecule has 5 heteroatoms. The largest absolute Gasteiger partial charge is 0.495 e. The number of rotatable bonds is 7. The van der Waals surface area contributed by atoms with Crippen molar-refractivity contribution < 1.29 is 18.8 Å². The van der Waals surface area contributed by atoms with Crippen LogP contribution in [0.25, 0.3) is 0 Å². The molecule has 1 atom stereocenters. The van der Waals surface area contributed by atoms with Crippen molar-refractivity contribution in [2.45, 2.75) is 32.4 Å². The Labute approximate surface area is 147 Å². The van der Waals surface area contributed by atoms with Crippen molar-refractivity contribution in [2.75, 3.05) is 19.0 Å². The maximum Gasteiger partial charge on any atom is 0.279 e. The molecule has 1 aliphatic rings. The van der Waals surface area contributed by atoms with Crippen LogP contribution in [0.4, 0.5) is 10.1 Å². The van der Waals surface area contributed by atoms with Crippen molar-refractivity contribution in [1.82, 2.24) is 0 Å². The van der Waals surface area contributed by atoms with Gasteiger partial charge in [-0.25, -0.2) is 4.39 Å². The van der Waals surface area contributed by atoms with Crippen LogP contribution in [-0.2, 0) is 11.3 Å². The van der Waals surface area contributed by atoms with Crippen LogP contribution in [0, 0.1) is 12.7 Å². The van der Waals surface area contributed by atoms with Crippen LogP contribution in [0.1, 0.15) is 24.0 Å². The zero-order valence-corrected chi connectivity index (χ0v) is 14.6. The Morgan fingerprint density at radius 3 is 2.60 bits per heavy atom. The predicted octanol–water partition coefficient (Wildman–Crippen LogP) is 2.33. The summed E-state index contributed by atoms with van der Waals surface area (Å²) in [6.45, 7) is 3.09. The number of hydrogen-bond donors (Lipinski definition) is 2. The molecule has 2 aromatic rings. The van der Waals surface area contributed by atoms with E-state index < -0.39 is 0 Å². The quantitative estimate of drug-likeness (QED) is 0.810. The average molecular weight is 343 g/mol. The number of amides is 1. The second-order valence-electron chi connectivity index (χ2n) is 6.66. The Balaban J connectivity index is 1.65. The molecule has 0 saturated heterocycles. The highest BCUT2D eigenvalue weighted by Gasteiger charge is 2.34. The molecule has 1 unspecified atom stereocenters. The molecule has 0 heterocycles. The summed E-state index contributed by atoms with van der Waals surface area (Å²) in [5.41, 5.74) is 2.81. The molecule has 132 valence electrons. The summed E-state index contributed by atoms with van der Waals surface area (Å²) in [5, 5.41) is 2.97. The Morgan fingerprint density at radius 2 is 1.96 bits per heavy atom. The van der Waals surface area contributed by atoms with Gasteiger partial charge in [0, 0.05) is 18.4 Å². The first-order chi connectivity index (χ1) is 12.0. The number of ether oxygens (including phenoxy) is 1. The summed E-state index contributed by atoms with van der Waals surface area (Å²) in [5.74, 6) is 0.388. The molecule has 0 aliphatic heterocycles. The van der Waals surface area contributed by atoms with Gasteiger partial charge in [-0.15, -0.1) is 0 Å². The number of carbonyl (C=O) groups is 1. The first kappa shape index (κ1) is 17.4. The Hall–Kier alpha value is -2.40. The minimum absolute atomic E-state index is 0.0343. The Morgan fingerprint density at radius 1 is 1.24 bits per heavy atom. The smallest absolute Gasteiger partial charge is 0.279 e. The standard InChI is InChI=1S/C20H23FN2O2/c1-14-3-10-19(25-2)18(11-14)22-20(24)13-23(17-8-9-17)12-15-4-6-16(21)7-5-15/h3-7,10-11,17H,8-9,12-13H2,1-2H3,(H,22,24)/p+1. The zero-order valence-electron chi connectivity index (χ0n) is 14.6. The van der Waals surface area contributed by atoms with E-state index in [1.54, 1.807) is 19.2 Å². The zero-order chi connectivity index (χ0) is 17.8. The van der Waals surface area contributed by atoms with Gasteiger partial charge in [-0.05, 0) is 36.8 Å². The molecule has 0 bridgehead atoms. The third-order valence-electron chi connectivity index (χ3n) is 4.52. The van der Waals surface area contributed by atoms with E-state index in [4.69, 9.17) is 4.74 Å². The number of anilines is 1. The molecule has 1 aliphatic carbocycles. The van der Waals surface area contributed by atoms with Gasteiger partial charge >= 0.3 is 0 Å². The fourth-order valence-electron chi connectivity index (χ4n) is 3.03. The molecule has 25 heavy (non-hydrogen) atoms. The minimum Gasteiger partial charge on any atom is -0.495 e. The molecule has 0 aromatic heterocycles. The van der Waals surface area contributed by atoms with Gasteiger partial charge in [0.1, 0.15) is 18.1 Å². The van der Waals surface area contributed by atoms with Crippen molar-refractivity contribution in [2.24, 2.45) is 0 Å². The summed E-state index contributed by atoms with van der Waals surface area (Å²) < 4.78 is 18.4. The van der Waals surface area contributed by atoms with Crippen molar-refractivity contribution in [1.29, 1.82) is 0 Å². The summed E-state index contributed by atoms with van der Waals surface area (Å²) in [6.07, 6.45) is 2.27. The monoisotopic (exact) mass is 343 g/mol. The third-order valence-corrected chi connectivity index (χ3v) is 4.52. The minimum atomic E-state index is -0.235. The third kappa shape index (κ3) is 4.79. The van der Waals surface area contributed by atoms with Gasteiger partial charge in [0.2, 0.25) is 0 Å². The number of methoxy groups -OCH3 is 1. The van der Waals surface area contributed by atoms with Gasteiger partial charge in [-0.3, -0.25) is 4.79 Å². The van der Waals surface area contributed by atoms with Gasteiger partial charge in [0.25, 0.3) is 5.91 Å². The lowest BCUT2D eigenvalue weighted by molar-refractivity contribution is -0.916. The molecule has 4 nitrogen and oxygen atoms in total. The van der Waals surface area contributed by atoms with E-state index in [0.29, 0.717) is 24.0 Å². The van der Waals surface area contributed by atoms with Crippen molar-refractivity contribution in [3.8, 4) is 5.75 Å². The normalized spacial score (nSPS) is 14.8. The topological polar surface area (TPSA) is 42.8 Å². The van der Waals surface area contributed by atoms with Crippen LogP contribution in [-0.4, -0.2) is 25.6 Å². The highest BCUT2D eigenvalue weighted by atomic mass is 19.1. The second kappa shape index (κ2) is 7.66. The molecule has 0 radical (unpaired) electrons. The number of halogens is 1. The van der Waals surface area contributed by atoms with Gasteiger partial charge in [-0.1, -0.05) is 18.2 Å². The first-order valence-electron chi connectivity index (χ1n) is 8.58. The molecule has 1 amide bonds. The molecule has 2 N–H and O–H groups in total. The fourth-order valence-corrected chi connectivity index (χ4v) is 3.03. The summed E-state index contributed by atoms with van der Waals surface area (Å²) in [6, 6.07) is 12.7. The molecule has 1 saturated carbocycles. The van der Waals surface area contributed by atoms with Crippen LogP contribution in [0.2, 0.25) is 0 Å². The number of nitrogens with one attached hydrogen (secondary N) is 2. The maximum absolute atomic E-state index is 13.1. The van der Waals surface area contributed by atoms with E-state index in [0.717, 1.165) is 30.5 Å². The number of aryl methyl sites for hydroxylation is 1. The molecule has 3 rings (SSSR count). The van der Waals surface area contributed by atoms with Crippen molar-refractivity contribution in [3.05, 3.63) is 59.4 Å². The maximum atomic E-state index is 13.1. The van der Waals surface area contributed by atoms with Crippen LogP contribution in [0.3, 0.4) is 0 Å². The van der Waals surface area contributed by atoms with Crippen LogP contribution >= 0.6 is 0 Å². The van der Waals surface area contributed by atoms with E-state index >= 15 is 0 Å². The fraction of sp³-hybridized carbons (Fsp3) is 0.350. The van der Waals surface area contributed by atoms with Gasteiger partial charge in [0.05, 0.1) is 18.8 Å². The SMILES string of the molecule is COc1ccc(C)cc1NC(=O)C[NH+](Cc1ccc(F)cc1)C1CC1. The first-order valence-corrected chi connectivity index (χ1v) is 8.58. The van der Waals surface area contributed by atoms with Crippen molar-refractivity contribution >= 4 is 11.6 Å². The molecule has 1 fully saturated rings. The Bertz CT molecular complexity index is 742. The number of benzene rings is 2. The van der Waals surface area contributed by atoms with Crippen LogP contribution in [0.15, 0.2) is 42.5 Å². The van der Waals surface area contributed by atoms with Gasteiger partial charge in [-0.2, -0.15) is 0 Å². The number of carbonyl (C=O) groups excluding carboxylic acids is 1. The van der Waals surface area contributed by atoms with Gasteiger partial charge in [0.15, 0.2) is 6.54 Å². The second-order valence-corrected chi connectivity index (χ2v) is 6.66. The molecule has 2 aromatic carbocycles. The van der Waals surface area contributed by atoms with E-state index in [1.165, 1.54) is 17.0 Å². The van der Waals surface area contributed by atoms with E-state index in [9.17, 15) is 9.18 Å². The van der Waals surface area contributed by atoms with E-state index in [2.05, 4.69) is 5.32 Å². The predicted molar refractivity (Wildman–Crippen MR) is 95.3 cm³/mol.